The van der Waals surface area contributed by atoms with E-state index in [2.05, 4.69) is 0 Å². The Morgan fingerprint density at radius 2 is 2.20 bits per heavy atom. The molecule has 0 aliphatic carbocycles. The second-order valence-corrected chi connectivity index (χ2v) is 4.20. The average Bonchev–Trinajstić information content (AvgIpc) is 2.90. The number of carbonyl (C=O) groups excluding carboxylic acids is 1. The van der Waals surface area contributed by atoms with Gasteiger partial charge in [-0.25, -0.2) is 0 Å². The molecule has 0 atom stereocenters. The number of hydrogen-bond acceptors (Lipinski definition) is 5. The van der Waals surface area contributed by atoms with Crippen LogP contribution in [0.4, 0.5) is 5.69 Å². The van der Waals surface area contributed by atoms with Gasteiger partial charge in [0.15, 0.2) is 0 Å². The van der Waals surface area contributed by atoms with Crippen molar-refractivity contribution in [1.29, 1.82) is 0 Å². The normalized spacial score (nSPS) is 10.2. The van der Waals surface area contributed by atoms with E-state index in [1.54, 1.807) is 12.1 Å². The Kier molecular flexibility index (Phi) is 3.69. The molecular formula is C13H12N2O5. The fourth-order valence-electron chi connectivity index (χ4n) is 1.77. The Bertz CT molecular complexity index is 636. The maximum absolute atomic E-state index is 12.2. The molecule has 0 radical (unpaired) electrons. The van der Waals surface area contributed by atoms with E-state index in [0.29, 0.717) is 5.76 Å². The second-order valence-electron chi connectivity index (χ2n) is 4.20. The van der Waals surface area contributed by atoms with E-state index in [4.69, 9.17) is 4.42 Å². The first-order valence-corrected chi connectivity index (χ1v) is 5.74. The van der Waals surface area contributed by atoms with Crippen LogP contribution in [0.3, 0.4) is 0 Å². The van der Waals surface area contributed by atoms with Gasteiger partial charge in [0.2, 0.25) is 0 Å². The van der Waals surface area contributed by atoms with Gasteiger partial charge in [-0.15, -0.1) is 0 Å². The molecule has 1 heterocycles. The van der Waals surface area contributed by atoms with Gasteiger partial charge in [-0.2, -0.15) is 0 Å². The number of rotatable bonds is 4. The summed E-state index contributed by atoms with van der Waals surface area (Å²) in [5, 5.41) is 20.3. The van der Waals surface area contributed by atoms with Crippen molar-refractivity contribution in [2.45, 2.75) is 6.54 Å². The van der Waals surface area contributed by atoms with E-state index in [1.165, 1.54) is 24.3 Å². The van der Waals surface area contributed by atoms with Crippen LogP contribution in [-0.4, -0.2) is 27.9 Å². The Balaban J connectivity index is 2.28. The molecule has 2 aromatic rings. The molecule has 1 N–H and O–H groups in total. The van der Waals surface area contributed by atoms with Crippen LogP contribution < -0.4 is 0 Å². The summed E-state index contributed by atoms with van der Waals surface area (Å²) in [6, 6.07) is 6.73. The van der Waals surface area contributed by atoms with E-state index < -0.39 is 10.8 Å². The van der Waals surface area contributed by atoms with Gasteiger partial charge in [-0.3, -0.25) is 14.9 Å². The number of nitrogens with zero attached hydrogens (tertiary/aromatic N) is 2. The number of nitro benzene ring substituents is 1. The second kappa shape index (κ2) is 5.43. The first-order valence-electron chi connectivity index (χ1n) is 5.74. The molecule has 1 aromatic heterocycles. The summed E-state index contributed by atoms with van der Waals surface area (Å²) in [6.07, 6.45) is 1.48. The van der Waals surface area contributed by atoms with Gasteiger partial charge in [-0.1, -0.05) is 0 Å². The van der Waals surface area contributed by atoms with Gasteiger partial charge in [0.05, 0.1) is 17.7 Å². The maximum atomic E-state index is 12.2. The highest BCUT2D eigenvalue weighted by Crippen LogP contribution is 2.24. The van der Waals surface area contributed by atoms with Crippen LogP contribution in [0.25, 0.3) is 0 Å². The summed E-state index contributed by atoms with van der Waals surface area (Å²) in [5.74, 6) is -0.210. The molecule has 0 saturated carbocycles. The third kappa shape index (κ3) is 2.77. The lowest BCUT2D eigenvalue weighted by molar-refractivity contribution is -0.385. The lowest BCUT2D eigenvalue weighted by Crippen LogP contribution is -2.26. The molecule has 0 unspecified atom stereocenters. The van der Waals surface area contributed by atoms with Crippen LogP contribution in [0.1, 0.15) is 16.1 Å². The number of hydrogen-bond donors (Lipinski definition) is 1. The number of phenolic OH excluding ortho intramolecular Hbond substituents is 1. The van der Waals surface area contributed by atoms with E-state index in [9.17, 15) is 20.0 Å². The Hall–Kier alpha value is -2.83. The summed E-state index contributed by atoms with van der Waals surface area (Å²) in [4.78, 5) is 23.7. The predicted octanol–water partition coefficient (Wildman–Crippen LogP) is 2.17. The van der Waals surface area contributed by atoms with E-state index >= 15 is 0 Å². The van der Waals surface area contributed by atoms with E-state index in [-0.39, 0.29) is 23.5 Å². The highest BCUT2D eigenvalue weighted by molar-refractivity contribution is 5.98. The minimum Gasteiger partial charge on any atom is -0.508 e. The van der Waals surface area contributed by atoms with Crippen molar-refractivity contribution in [2.24, 2.45) is 0 Å². The smallest absolute Gasteiger partial charge is 0.282 e. The molecule has 0 saturated heterocycles. The minimum atomic E-state index is -0.659. The lowest BCUT2D eigenvalue weighted by Gasteiger charge is -2.15. The summed E-state index contributed by atoms with van der Waals surface area (Å²) < 4.78 is 5.11. The van der Waals surface area contributed by atoms with Crippen molar-refractivity contribution in [3.63, 3.8) is 0 Å². The largest absolute Gasteiger partial charge is 0.508 e. The van der Waals surface area contributed by atoms with Crippen molar-refractivity contribution >= 4 is 11.6 Å². The zero-order valence-electron chi connectivity index (χ0n) is 10.6. The van der Waals surface area contributed by atoms with Gasteiger partial charge >= 0.3 is 0 Å². The van der Waals surface area contributed by atoms with Crippen molar-refractivity contribution in [3.8, 4) is 5.75 Å². The molecule has 7 heteroatoms. The Morgan fingerprint density at radius 1 is 1.45 bits per heavy atom. The van der Waals surface area contributed by atoms with Crippen molar-refractivity contribution in [1.82, 2.24) is 4.90 Å². The van der Waals surface area contributed by atoms with E-state index in [0.717, 1.165) is 12.1 Å². The molecule has 1 aromatic carbocycles. The molecule has 0 spiro atoms. The Labute approximate surface area is 114 Å². The highest BCUT2D eigenvalue weighted by atomic mass is 16.6. The maximum Gasteiger partial charge on any atom is 0.282 e. The number of nitro groups is 1. The number of furan rings is 1. The van der Waals surface area contributed by atoms with Gasteiger partial charge in [0.1, 0.15) is 17.1 Å². The molecule has 0 bridgehead atoms. The topological polar surface area (TPSA) is 96.8 Å². The lowest BCUT2D eigenvalue weighted by atomic mass is 10.1. The molecule has 2 rings (SSSR count). The van der Waals surface area contributed by atoms with Crippen LogP contribution in [0, 0.1) is 10.1 Å². The molecule has 0 aliphatic rings. The van der Waals surface area contributed by atoms with Crippen molar-refractivity contribution in [3.05, 3.63) is 58.0 Å². The molecule has 0 aliphatic heterocycles. The van der Waals surface area contributed by atoms with Crippen LogP contribution >= 0.6 is 0 Å². The van der Waals surface area contributed by atoms with Crippen molar-refractivity contribution < 1.29 is 19.2 Å². The summed E-state index contributed by atoms with van der Waals surface area (Å²) >= 11 is 0. The van der Waals surface area contributed by atoms with Crippen LogP contribution in [0.5, 0.6) is 5.75 Å². The molecule has 0 fully saturated rings. The average molecular weight is 276 g/mol. The number of amides is 1. The highest BCUT2D eigenvalue weighted by Gasteiger charge is 2.23. The van der Waals surface area contributed by atoms with Crippen molar-refractivity contribution in [2.75, 3.05) is 7.05 Å². The monoisotopic (exact) mass is 276 g/mol. The van der Waals surface area contributed by atoms with Gasteiger partial charge < -0.3 is 14.4 Å². The van der Waals surface area contributed by atoms with Gasteiger partial charge in [0, 0.05) is 13.1 Å². The number of carbonyl (C=O) groups is 1. The van der Waals surface area contributed by atoms with Gasteiger partial charge in [-0.05, 0) is 24.3 Å². The van der Waals surface area contributed by atoms with Crippen LogP contribution in [0.2, 0.25) is 0 Å². The van der Waals surface area contributed by atoms with Crippen LogP contribution in [0.15, 0.2) is 41.0 Å². The third-order valence-corrected chi connectivity index (χ3v) is 2.73. The SMILES string of the molecule is CN(Cc1ccco1)C(=O)c1cc(O)ccc1[N+](=O)[O-]. The Morgan fingerprint density at radius 3 is 2.80 bits per heavy atom. The third-order valence-electron chi connectivity index (χ3n) is 2.73. The zero-order valence-corrected chi connectivity index (χ0v) is 10.6. The fraction of sp³-hybridized carbons (Fsp3) is 0.154. The van der Waals surface area contributed by atoms with E-state index in [1.807, 2.05) is 0 Å². The quantitative estimate of drug-likeness (QED) is 0.681. The molecule has 7 nitrogen and oxygen atoms in total. The fourth-order valence-corrected chi connectivity index (χ4v) is 1.77. The summed E-state index contributed by atoms with van der Waals surface area (Å²) in [6.45, 7) is 0.179. The zero-order chi connectivity index (χ0) is 14.7. The summed E-state index contributed by atoms with van der Waals surface area (Å²) in [7, 11) is 1.50. The number of aromatic hydroxyl groups is 1. The molecular weight excluding hydrogens is 264 g/mol. The molecule has 20 heavy (non-hydrogen) atoms. The molecule has 1 amide bonds. The summed E-state index contributed by atoms with van der Waals surface area (Å²) in [5.41, 5.74) is -0.511. The standard InChI is InChI=1S/C13H12N2O5/c1-14(8-10-3-2-6-20-10)13(17)11-7-9(16)4-5-12(11)15(18)19/h2-7,16H,8H2,1H3. The molecule has 104 valence electrons. The first-order chi connectivity index (χ1) is 9.49. The number of benzene rings is 1. The number of phenols is 1. The minimum absolute atomic E-state index is 0.163. The van der Waals surface area contributed by atoms with Gasteiger partial charge in [0.25, 0.3) is 11.6 Å². The first kappa shape index (κ1) is 13.6. The predicted molar refractivity (Wildman–Crippen MR) is 69.3 cm³/mol. The van der Waals surface area contributed by atoms with Crippen LogP contribution in [-0.2, 0) is 6.54 Å².